The van der Waals surface area contributed by atoms with Gasteiger partial charge in [0.15, 0.2) is 0 Å². The molecule has 13 heteroatoms. The molecular formula is C20H34O11P2-2. The van der Waals surface area contributed by atoms with Gasteiger partial charge in [-0.3, -0.25) is 0 Å². The van der Waals surface area contributed by atoms with Gasteiger partial charge in [-0.15, -0.1) is 0 Å². The predicted molar refractivity (Wildman–Crippen MR) is 112 cm³/mol. The largest absolute Gasteiger partial charge is 0.779 e. The van der Waals surface area contributed by atoms with Crippen molar-refractivity contribution in [3.63, 3.8) is 0 Å². The van der Waals surface area contributed by atoms with Crippen LogP contribution in [0.3, 0.4) is 0 Å². The van der Waals surface area contributed by atoms with Crippen LogP contribution < -0.4 is 9.79 Å². The highest BCUT2D eigenvalue weighted by atomic mass is 31.2. The first kappa shape index (κ1) is 26.2. The number of hydrogen-bond donors (Lipinski definition) is 0. The first-order valence-corrected chi connectivity index (χ1v) is 15.1. The minimum absolute atomic E-state index is 0.180. The fourth-order valence-corrected chi connectivity index (χ4v) is 7.76. The summed E-state index contributed by atoms with van der Waals surface area (Å²) >= 11 is 0. The van der Waals surface area contributed by atoms with E-state index in [1.54, 1.807) is 7.11 Å². The second-order valence-electron chi connectivity index (χ2n) is 10.0. The molecule has 6 fully saturated rings. The molecule has 0 aromatic carbocycles. The molecule has 0 N–H and O–H groups in total. The van der Waals surface area contributed by atoms with E-state index < -0.39 is 32.5 Å². The summed E-state index contributed by atoms with van der Waals surface area (Å²) in [6, 6.07) is 0. The summed E-state index contributed by atoms with van der Waals surface area (Å²) in [6.45, 7) is 7.09. The third kappa shape index (κ3) is 4.42. The van der Waals surface area contributed by atoms with Crippen LogP contribution in [0, 0.1) is 11.8 Å². The average molecular weight is 512 g/mol. The molecule has 5 unspecified atom stereocenters. The summed E-state index contributed by atoms with van der Waals surface area (Å²) in [5.74, 6) is 0.851. The maximum Gasteiger partial charge on any atom is 0.144 e. The molecule has 0 aromatic rings. The van der Waals surface area contributed by atoms with Crippen LogP contribution >= 0.6 is 15.2 Å². The molecule has 0 amide bonds. The van der Waals surface area contributed by atoms with Crippen molar-refractivity contribution in [3.8, 4) is 0 Å². The maximum absolute atomic E-state index is 11.4. The first-order chi connectivity index (χ1) is 15.2. The summed E-state index contributed by atoms with van der Waals surface area (Å²) in [5.41, 5.74) is -1.66. The Hall–Kier alpha value is 0.1000. The predicted octanol–water partition coefficient (Wildman–Crippen LogP) is 0.526. The van der Waals surface area contributed by atoms with E-state index in [2.05, 4.69) is 6.92 Å². The smallest absolute Gasteiger partial charge is 0.144 e. The van der Waals surface area contributed by atoms with Gasteiger partial charge >= 0.3 is 0 Å². The van der Waals surface area contributed by atoms with Crippen molar-refractivity contribution in [2.75, 3.05) is 47.4 Å². The molecule has 33 heavy (non-hydrogen) atoms. The highest BCUT2D eigenvalue weighted by molar-refractivity contribution is 7.50. The van der Waals surface area contributed by atoms with Gasteiger partial charge in [0.05, 0.1) is 25.9 Å². The molecule has 0 radical (unpaired) electrons. The summed E-state index contributed by atoms with van der Waals surface area (Å²) in [6.07, 6.45) is 0.435. The molecule has 11 atom stereocenters. The highest BCUT2D eigenvalue weighted by Gasteiger charge is 2.84. The molecule has 4 saturated heterocycles. The van der Waals surface area contributed by atoms with Crippen LogP contribution in [0.25, 0.3) is 0 Å². The van der Waals surface area contributed by atoms with Crippen LogP contribution in [0.1, 0.15) is 26.7 Å². The van der Waals surface area contributed by atoms with Crippen molar-refractivity contribution in [2.45, 2.75) is 67.9 Å². The molecular weight excluding hydrogens is 478 g/mol. The van der Waals surface area contributed by atoms with Gasteiger partial charge in [0.2, 0.25) is 0 Å². The Morgan fingerprint density at radius 1 is 1.00 bits per heavy atom. The number of methoxy groups -OCH3 is 2. The standard InChI is InChI=1S/C11H19O5P.C9H17O6P/c1-7-8-4-5-10(6-14-2)9(11(7,8)16-10)15-17(3,12)13;1-6-7-8(15-16(3,10)11)9(14-6,4-12-2)5-13-7/h7-9H,4-6H2,1-3H3,(H,12,13);6-8H,4-5H2,1-3H3,(H,10,11)/p-2/t7-,8?,9?,10+,11+;6-,7?,8+,9-/m00/s1. The molecule has 2 saturated carbocycles. The van der Waals surface area contributed by atoms with Crippen molar-refractivity contribution in [1.29, 1.82) is 0 Å². The van der Waals surface area contributed by atoms with Crippen LogP contribution in [0.15, 0.2) is 0 Å². The first-order valence-electron chi connectivity index (χ1n) is 11.1. The highest BCUT2D eigenvalue weighted by Crippen LogP contribution is 2.74. The van der Waals surface area contributed by atoms with E-state index in [4.69, 9.17) is 32.7 Å². The lowest BCUT2D eigenvalue weighted by Crippen LogP contribution is -2.72. The van der Waals surface area contributed by atoms with Gasteiger partial charge in [0.25, 0.3) is 0 Å². The van der Waals surface area contributed by atoms with Gasteiger partial charge in [-0.1, -0.05) is 6.92 Å². The Kier molecular flexibility index (Phi) is 6.82. The number of rotatable bonds is 8. The molecule has 4 bridgehead atoms. The Bertz CT molecular complexity index is 844. The van der Waals surface area contributed by atoms with Crippen LogP contribution in [-0.2, 0) is 41.9 Å². The maximum atomic E-state index is 11.4. The molecule has 0 aromatic heterocycles. The lowest BCUT2D eigenvalue weighted by atomic mass is 9.74. The van der Waals surface area contributed by atoms with E-state index in [-0.39, 0.29) is 30.5 Å². The van der Waals surface area contributed by atoms with Crippen LogP contribution in [0.2, 0.25) is 0 Å². The molecule has 1 spiro atoms. The fraction of sp³-hybridized carbons (Fsp3) is 1.00. The monoisotopic (exact) mass is 512 g/mol. The summed E-state index contributed by atoms with van der Waals surface area (Å²) in [7, 11) is -4.40. The Morgan fingerprint density at radius 3 is 2.15 bits per heavy atom. The topological polar surface area (TPSA) is 145 Å². The second-order valence-corrected chi connectivity index (χ2v) is 13.5. The quantitative estimate of drug-likeness (QED) is 0.420. The van der Waals surface area contributed by atoms with E-state index in [0.717, 1.165) is 26.2 Å². The summed E-state index contributed by atoms with van der Waals surface area (Å²) in [5, 5.41) is 0. The molecule has 6 aliphatic rings. The van der Waals surface area contributed by atoms with E-state index in [1.165, 1.54) is 7.11 Å². The van der Waals surface area contributed by atoms with Gasteiger partial charge in [-0.05, 0) is 31.6 Å². The molecule has 6 rings (SSSR count). The van der Waals surface area contributed by atoms with E-state index in [1.807, 2.05) is 6.92 Å². The molecule has 4 aliphatic heterocycles. The van der Waals surface area contributed by atoms with E-state index in [9.17, 15) is 18.9 Å². The molecule has 2 aliphatic carbocycles. The van der Waals surface area contributed by atoms with Gasteiger partial charge in [0.1, 0.15) is 50.3 Å². The van der Waals surface area contributed by atoms with Crippen molar-refractivity contribution in [3.05, 3.63) is 0 Å². The Labute approximate surface area is 194 Å². The zero-order chi connectivity index (χ0) is 24.4. The summed E-state index contributed by atoms with van der Waals surface area (Å²) in [4.78, 5) is 22.6. The zero-order valence-corrected chi connectivity index (χ0v) is 21.7. The van der Waals surface area contributed by atoms with Gasteiger partial charge < -0.3 is 51.6 Å². The minimum atomic E-state index is -3.81. The van der Waals surface area contributed by atoms with Gasteiger partial charge in [-0.25, -0.2) is 0 Å². The molecule has 192 valence electrons. The summed E-state index contributed by atoms with van der Waals surface area (Å²) < 4.78 is 60.4. The Balaban J connectivity index is 0.000000157. The van der Waals surface area contributed by atoms with Gasteiger partial charge in [-0.2, -0.15) is 0 Å². The molecule has 4 heterocycles. The SMILES string of the molecule is COC[C@@]12CCC3[C@H](C)[C@]3(O1)C2OP(C)(=O)[O-].COC[C@@]12COC([C@H](C)O1)[C@H]2OP(C)(=O)[O-]. The van der Waals surface area contributed by atoms with Crippen LogP contribution in [0.4, 0.5) is 0 Å². The Morgan fingerprint density at radius 2 is 1.61 bits per heavy atom. The number of ether oxygens (including phenoxy) is 5. The number of fused-ring (bicyclic) bond motifs is 3. The lowest BCUT2D eigenvalue weighted by Gasteiger charge is -2.59. The third-order valence-electron chi connectivity index (χ3n) is 7.53. The third-order valence-corrected chi connectivity index (χ3v) is 8.74. The fourth-order valence-electron chi connectivity index (χ4n) is 6.30. The van der Waals surface area contributed by atoms with Crippen molar-refractivity contribution in [2.24, 2.45) is 11.8 Å². The van der Waals surface area contributed by atoms with Crippen molar-refractivity contribution in [1.82, 2.24) is 0 Å². The second kappa shape index (κ2) is 8.60. The number of hydrogen-bond acceptors (Lipinski definition) is 11. The molecule has 11 nitrogen and oxygen atoms in total. The van der Waals surface area contributed by atoms with Crippen LogP contribution in [-0.4, -0.2) is 88.6 Å². The van der Waals surface area contributed by atoms with Gasteiger partial charge in [0, 0.05) is 27.5 Å². The average Bonchev–Trinajstić information content (AvgIpc) is 3.07. The van der Waals surface area contributed by atoms with E-state index in [0.29, 0.717) is 25.0 Å². The van der Waals surface area contributed by atoms with Crippen molar-refractivity contribution < 1.29 is 51.6 Å². The van der Waals surface area contributed by atoms with E-state index >= 15 is 0 Å². The van der Waals surface area contributed by atoms with Crippen LogP contribution in [0.5, 0.6) is 0 Å². The zero-order valence-electron chi connectivity index (χ0n) is 19.9. The minimum Gasteiger partial charge on any atom is -0.779 e. The lowest BCUT2D eigenvalue weighted by molar-refractivity contribution is -0.346. The van der Waals surface area contributed by atoms with Crippen molar-refractivity contribution >= 4 is 15.2 Å². The normalized spacial score (nSPS) is 50.3.